The van der Waals surface area contributed by atoms with E-state index in [1.54, 1.807) is 11.3 Å². The van der Waals surface area contributed by atoms with E-state index in [-0.39, 0.29) is 24.0 Å². The standard InChI is InChI=1S/C16H26N6S.HI/c1-4-14-11-20-15(23-14)6-7-18-16(17-5-2)19-8-9-22-12-13(3)10-21-22;/h10-12H,4-9H2,1-3H3,(H2,17,18,19);1H. The molecule has 8 heteroatoms. The number of hydrogen-bond acceptors (Lipinski definition) is 4. The maximum absolute atomic E-state index is 4.61. The second kappa shape index (κ2) is 11.4. The molecule has 0 saturated heterocycles. The Hall–Kier alpha value is -1.16. The quantitative estimate of drug-likeness (QED) is 0.360. The van der Waals surface area contributed by atoms with Crippen molar-refractivity contribution in [2.24, 2.45) is 4.99 Å². The Morgan fingerprint density at radius 2 is 2.12 bits per heavy atom. The van der Waals surface area contributed by atoms with Crippen molar-refractivity contribution in [3.05, 3.63) is 34.0 Å². The summed E-state index contributed by atoms with van der Waals surface area (Å²) in [5.41, 5.74) is 1.18. The number of hydrogen-bond donors (Lipinski definition) is 2. The molecule has 0 aromatic carbocycles. The van der Waals surface area contributed by atoms with Gasteiger partial charge < -0.3 is 10.6 Å². The van der Waals surface area contributed by atoms with E-state index in [1.807, 2.05) is 30.2 Å². The van der Waals surface area contributed by atoms with Crippen molar-refractivity contribution in [3.63, 3.8) is 0 Å². The summed E-state index contributed by atoms with van der Waals surface area (Å²) >= 11 is 1.78. The number of aryl methyl sites for hydroxylation is 2. The van der Waals surface area contributed by atoms with Crippen molar-refractivity contribution >= 4 is 41.3 Å². The summed E-state index contributed by atoms with van der Waals surface area (Å²) < 4.78 is 1.94. The molecule has 0 unspecified atom stereocenters. The number of guanidine groups is 1. The van der Waals surface area contributed by atoms with Crippen LogP contribution in [0, 0.1) is 6.92 Å². The third-order valence-corrected chi connectivity index (χ3v) is 4.49. The fraction of sp³-hybridized carbons (Fsp3) is 0.562. The summed E-state index contributed by atoms with van der Waals surface area (Å²) in [6, 6.07) is 0. The number of aromatic nitrogens is 3. The Balaban J connectivity index is 0.00000288. The largest absolute Gasteiger partial charge is 0.357 e. The highest BCUT2D eigenvalue weighted by Crippen LogP contribution is 2.13. The highest BCUT2D eigenvalue weighted by Gasteiger charge is 2.01. The van der Waals surface area contributed by atoms with Crippen LogP contribution in [-0.4, -0.2) is 40.4 Å². The van der Waals surface area contributed by atoms with Gasteiger partial charge in [-0.05, 0) is 25.8 Å². The van der Waals surface area contributed by atoms with E-state index in [9.17, 15) is 0 Å². The average molecular weight is 462 g/mol. The predicted molar refractivity (Wildman–Crippen MR) is 112 cm³/mol. The lowest BCUT2D eigenvalue weighted by atomic mass is 10.4. The van der Waals surface area contributed by atoms with Crippen LogP contribution in [0.15, 0.2) is 23.6 Å². The maximum atomic E-state index is 4.61. The number of rotatable bonds is 8. The number of thiazole rings is 1. The minimum Gasteiger partial charge on any atom is -0.357 e. The van der Waals surface area contributed by atoms with Gasteiger partial charge in [0.05, 0.1) is 17.7 Å². The fourth-order valence-corrected chi connectivity index (χ4v) is 2.96. The SMILES string of the molecule is CCNC(=NCCc1ncc(CC)s1)NCCn1cc(C)cn1.I. The molecule has 2 rings (SSSR count). The number of nitrogens with one attached hydrogen (secondary N) is 2. The van der Waals surface area contributed by atoms with Crippen LogP contribution in [0.1, 0.15) is 29.3 Å². The van der Waals surface area contributed by atoms with Crippen molar-refractivity contribution in [2.45, 2.75) is 40.2 Å². The Morgan fingerprint density at radius 3 is 2.75 bits per heavy atom. The predicted octanol–water partition coefficient (Wildman–Crippen LogP) is 2.63. The van der Waals surface area contributed by atoms with Crippen LogP contribution >= 0.6 is 35.3 Å². The van der Waals surface area contributed by atoms with Gasteiger partial charge in [0, 0.05) is 43.3 Å². The lowest BCUT2D eigenvalue weighted by Crippen LogP contribution is -2.39. The van der Waals surface area contributed by atoms with Gasteiger partial charge in [-0.25, -0.2) is 4.98 Å². The lowest BCUT2D eigenvalue weighted by molar-refractivity contribution is 0.597. The molecule has 134 valence electrons. The third-order valence-electron chi connectivity index (χ3n) is 3.29. The minimum absolute atomic E-state index is 0. The molecule has 0 fully saturated rings. The van der Waals surface area contributed by atoms with E-state index in [2.05, 4.69) is 39.6 Å². The molecule has 2 heterocycles. The summed E-state index contributed by atoms with van der Waals surface area (Å²) in [6.45, 7) is 9.49. The molecule has 0 saturated carbocycles. The molecule has 0 amide bonds. The first-order valence-corrected chi connectivity index (χ1v) is 8.97. The van der Waals surface area contributed by atoms with Gasteiger partial charge in [0.25, 0.3) is 0 Å². The Bertz CT molecular complexity index is 622. The molecule has 2 aromatic rings. The van der Waals surface area contributed by atoms with Gasteiger partial charge in [0.15, 0.2) is 5.96 Å². The van der Waals surface area contributed by atoms with Crippen molar-refractivity contribution in [1.29, 1.82) is 0 Å². The smallest absolute Gasteiger partial charge is 0.191 e. The first-order valence-electron chi connectivity index (χ1n) is 8.16. The van der Waals surface area contributed by atoms with Crippen molar-refractivity contribution in [3.8, 4) is 0 Å². The van der Waals surface area contributed by atoms with Gasteiger partial charge in [-0.2, -0.15) is 5.10 Å². The number of halogens is 1. The zero-order chi connectivity index (χ0) is 16.5. The van der Waals surface area contributed by atoms with Crippen LogP contribution in [0.4, 0.5) is 0 Å². The van der Waals surface area contributed by atoms with Crippen LogP contribution in [0.3, 0.4) is 0 Å². The monoisotopic (exact) mass is 462 g/mol. The third kappa shape index (κ3) is 7.16. The Morgan fingerprint density at radius 1 is 1.29 bits per heavy atom. The molecule has 0 radical (unpaired) electrons. The summed E-state index contributed by atoms with van der Waals surface area (Å²) in [4.78, 5) is 10.4. The topological polar surface area (TPSA) is 67.1 Å². The second-order valence-corrected chi connectivity index (χ2v) is 6.49. The van der Waals surface area contributed by atoms with Crippen LogP contribution in [-0.2, 0) is 19.4 Å². The highest BCUT2D eigenvalue weighted by molar-refractivity contribution is 14.0. The van der Waals surface area contributed by atoms with Crippen LogP contribution < -0.4 is 10.6 Å². The summed E-state index contributed by atoms with van der Waals surface area (Å²) in [7, 11) is 0. The van der Waals surface area contributed by atoms with Gasteiger partial charge in [-0.1, -0.05) is 6.92 Å². The van der Waals surface area contributed by atoms with E-state index >= 15 is 0 Å². The summed E-state index contributed by atoms with van der Waals surface area (Å²) in [5.74, 6) is 0.851. The van der Waals surface area contributed by atoms with E-state index < -0.39 is 0 Å². The summed E-state index contributed by atoms with van der Waals surface area (Å²) in [6.07, 6.45) is 7.83. The zero-order valence-electron chi connectivity index (χ0n) is 14.6. The van der Waals surface area contributed by atoms with Gasteiger partial charge in [0.1, 0.15) is 0 Å². The van der Waals surface area contributed by atoms with Crippen LogP contribution in [0.2, 0.25) is 0 Å². The minimum atomic E-state index is 0. The van der Waals surface area contributed by atoms with Crippen LogP contribution in [0.25, 0.3) is 0 Å². The molecule has 0 spiro atoms. The first-order chi connectivity index (χ1) is 11.2. The molecule has 6 nitrogen and oxygen atoms in total. The molecular formula is C16H27IN6S. The zero-order valence-corrected chi connectivity index (χ0v) is 17.7. The fourth-order valence-electron chi connectivity index (χ4n) is 2.11. The summed E-state index contributed by atoms with van der Waals surface area (Å²) in [5, 5.41) is 12.1. The molecule has 0 atom stereocenters. The van der Waals surface area contributed by atoms with E-state index in [0.29, 0.717) is 0 Å². The number of nitrogens with zero attached hydrogens (tertiary/aromatic N) is 4. The molecule has 2 aromatic heterocycles. The van der Waals surface area contributed by atoms with E-state index in [4.69, 9.17) is 0 Å². The molecular weight excluding hydrogens is 435 g/mol. The highest BCUT2D eigenvalue weighted by atomic mass is 127. The van der Waals surface area contributed by atoms with Crippen LogP contribution in [0.5, 0.6) is 0 Å². The van der Waals surface area contributed by atoms with E-state index in [1.165, 1.54) is 10.4 Å². The number of aliphatic imine (C=N–C) groups is 1. The Labute approximate surface area is 165 Å². The maximum Gasteiger partial charge on any atom is 0.191 e. The van der Waals surface area contributed by atoms with Gasteiger partial charge in [-0.3, -0.25) is 9.67 Å². The van der Waals surface area contributed by atoms with Crippen molar-refractivity contribution in [1.82, 2.24) is 25.4 Å². The molecule has 0 aliphatic carbocycles. The molecule has 0 aliphatic rings. The van der Waals surface area contributed by atoms with Gasteiger partial charge in [-0.15, -0.1) is 35.3 Å². The van der Waals surface area contributed by atoms with Gasteiger partial charge >= 0.3 is 0 Å². The molecule has 0 aliphatic heterocycles. The molecule has 24 heavy (non-hydrogen) atoms. The Kier molecular flexibility index (Phi) is 9.92. The second-order valence-electron chi connectivity index (χ2n) is 5.29. The van der Waals surface area contributed by atoms with Crippen molar-refractivity contribution < 1.29 is 0 Å². The normalized spacial score (nSPS) is 11.2. The lowest BCUT2D eigenvalue weighted by Gasteiger charge is -2.11. The first kappa shape index (κ1) is 20.9. The molecule has 2 N–H and O–H groups in total. The van der Waals surface area contributed by atoms with Crippen molar-refractivity contribution in [2.75, 3.05) is 19.6 Å². The molecule has 0 bridgehead atoms. The van der Waals surface area contributed by atoms with Gasteiger partial charge in [0.2, 0.25) is 0 Å². The average Bonchev–Trinajstić information content (AvgIpc) is 3.16. The van der Waals surface area contributed by atoms with E-state index in [0.717, 1.165) is 50.0 Å².